The second-order valence-corrected chi connectivity index (χ2v) is 7.42. The van der Waals surface area contributed by atoms with Crippen molar-refractivity contribution in [2.45, 2.75) is 25.7 Å². The number of rotatable bonds is 4. The normalized spacial score (nSPS) is 22.2. The Hall–Kier alpha value is -2.65. The van der Waals surface area contributed by atoms with Gasteiger partial charge in [-0.1, -0.05) is 29.8 Å². The predicted molar refractivity (Wildman–Crippen MR) is 102 cm³/mol. The van der Waals surface area contributed by atoms with Crippen LogP contribution in [0.2, 0.25) is 5.02 Å². The van der Waals surface area contributed by atoms with Gasteiger partial charge in [0.25, 0.3) is 0 Å². The molecule has 0 aliphatic carbocycles. The molecule has 2 atom stereocenters. The van der Waals surface area contributed by atoms with Gasteiger partial charge in [0, 0.05) is 24.4 Å². The number of nitrogens with zero attached hydrogens (tertiary/aromatic N) is 3. The van der Waals surface area contributed by atoms with Crippen molar-refractivity contribution in [1.82, 2.24) is 14.4 Å². The molecular formula is C19H19ClF3N4O2+. The zero-order valence-electron chi connectivity index (χ0n) is 15.7. The summed E-state index contributed by atoms with van der Waals surface area (Å²) < 4.78 is 39.4. The van der Waals surface area contributed by atoms with Crippen molar-refractivity contribution in [3.8, 4) is 0 Å². The van der Waals surface area contributed by atoms with Crippen molar-refractivity contribution in [2.24, 2.45) is 5.73 Å². The van der Waals surface area contributed by atoms with Crippen molar-refractivity contribution in [3.63, 3.8) is 0 Å². The number of amides is 3. The maximum atomic E-state index is 13.3. The monoisotopic (exact) mass is 427 g/mol. The molecule has 2 heterocycles. The van der Waals surface area contributed by atoms with E-state index in [0.29, 0.717) is 11.4 Å². The summed E-state index contributed by atoms with van der Waals surface area (Å²) in [6.07, 6.45) is -3.15. The smallest absolute Gasteiger partial charge is 0.368 e. The lowest BCUT2D eigenvalue weighted by atomic mass is 10.1. The number of aromatic nitrogens is 1. The molecule has 1 saturated heterocycles. The van der Waals surface area contributed by atoms with E-state index >= 15 is 0 Å². The molecule has 0 spiro atoms. The molecule has 3 rings (SSSR count). The standard InChI is InChI=1S/C19H18ClF3N4O2/c1-11-5-4-8-25-17(11)27(10-14(16(24)28)26(2)18(27)29)9-12-6-3-7-13(15(12)20)19(21,22)23/h3-8,14H,9-10H2,1-2H3,(H-,24,28)/p+1. The number of quaternary nitrogens is 1. The Kier molecular flexibility index (Phi) is 5.31. The predicted octanol–water partition coefficient (Wildman–Crippen LogP) is 3.49. The number of primary amides is 1. The van der Waals surface area contributed by atoms with Crippen LogP contribution >= 0.6 is 11.6 Å². The minimum atomic E-state index is -4.64. The first-order valence-electron chi connectivity index (χ1n) is 8.69. The summed E-state index contributed by atoms with van der Waals surface area (Å²) in [7, 11) is 1.43. The fourth-order valence-electron chi connectivity index (χ4n) is 3.73. The Morgan fingerprint density at radius 1 is 1.34 bits per heavy atom. The average Bonchev–Trinajstić information content (AvgIpc) is 2.89. The quantitative estimate of drug-likeness (QED) is 0.759. The highest BCUT2D eigenvalue weighted by molar-refractivity contribution is 6.32. The van der Waals surface area contributed by atoms with Gasteiger partial charge in [0.2, 0.25) is 11.7 Å². The maximum absolute atomic E-state index is 13.3. The van der Waals surface area contributed by atoms with Crippen LogP contribution in [0.15, 0.2) is 36.5 Å². The highest BCUT2D eigenvalue weighted by Crippen LogP contribution is 2.40. The van der Waals surface area contributed by atoms with E-state index in [1.165, 1.54) is 30.3 Å². The van der Waals surface area contributed by atoms with Gasteiger partial charge in [0.15, 0.2) is 6.04 Å². The molecule has 6 nitrogen and oxygen atoms in total. The van der Waals surface area contributed by atoms with E-state index in [1.807, 2.05) is 0 Å². The summed E-state index contributed by atoms with van der Waals surface area (Å²) >= 11 is 6.08. The zero-order chi connectivity index (χ0) is 21.6. The van der Waals surface area contributed by atoms with Gasteiger partial charge < -0.3 is 5.73 Å². The van der Waals surface area contributed by atoms with Crippen LogP contribution < -0.4 is 10.2 Å². The average molecular weight is 428 g/mol. The van der Waals surface area contributed by atoms with Crippen LogP contribution in [0.4, 0.5) is 23.8 Å². The van der Waals surface area contributed by atoms with E-state index in [9.17, 15) is 22.8 Å². The van der Waals surface area contributed by atoms with E-state index in [1.54, 1.807) is 19.1 Å². The summed E-state index contributed by atoms with van der Waals surface area (Å²) in [6, 6.07) is 5.55. The summed E-state index contributed by atoms with van der Waals surface area (Å²) in [5.74, 6) is -0.369. The molecule has 2 N–H and O–H groups in total. The van der Waals surface area contributed by atoms with Crippen molar-refractivity contribution in [3.05, 3.63) is 58.2 Å². The molecule has 2 unspecified atom stereocenters. The molecule has 154 valence electrons. The van der Waals surface area contributed by atoms with Crippen molar-refractivity contribution in [1.29, 1.82) is 0 Å². The Morgan fingerprint density at radius 2 is 2.03 bits per heavy atom. The highest BCUT2D eigenvalue weighted by atomic mass is 35.5. The minimum Gasteiger partial charge on any atom is -0.368 e. The third-order valence-corrected chi connectivity index (χ3v) is 5.61. The van der Waals surface area contributed by atoms with E-state index < -0.39 is 39.2 Å². The molecule has 10 heteroatoms. The Morgan fingerprint density at radius 3 is 2.59 bits per heavy atom. The molecule has 0 bridgehead atoms. The summed E-state index contributed by atoms with van der Waals surface area (Å²) in [4.78, 5) is 30.7. The lowest BCUT2D eigenvalue weighted by molar-refractivity contribution is -0.137. The fraction of sp³-hybridized carbons (Fsp3) is 0.316. The number of alkyl halides is 3. The van der Waals surface area contributed by atoms with E-state index in [-0.39, 0.29) is 18.7 Å². The molecule has 3 amide bonds. The maximum Gasteiger partial charge on any atom is 0.426 e. The SMILES string of the molecule is Cc1cccnc1[N+]1(Cc2cccc(C(F)(F)F)c2Cl)CC(C(N)=O)N(C)C1=O. The molecule has 1 aliphatic heterocycles. The molecule has 0 radical (unpaired) electrons. The first kappa shape index (κ1) is 21.1. The molecule has 2 aromatic rings. The number of likely N-dealkylation sites (N-methyl/N-ethyl adjacent to an activating group) is 1. The third kappa shape index (κ3) is 3.56. The molecule has 1 aromatic carbocycles. The van der Waals surface area contributed by atoms with Crippen LogP contribution in [0.3, 0.4) is 0 Å². The van der Waals surface area contributed by atoms with Crippen molar-refractivity contribution >= 4 is 29.4 Å². The van der Waals surface area contributed by atoms with Crippen LogP contribution in [0.25, 0.3) is 0 Å². The number of carbonyl (C=O) groups excluding carboxylic acids is 2. The number of carbonyl (C=O) groups is 2. The van der Waals surface area contributed by atoms with Crippen LogP contribution in [0.1, 0.15) is 16.7 Å². The first-order chi connectivity index (χ1) is 13.5. The van der Waals surface area contributed by atoms with Crippen LogP contribution in [0.5, 0.6) is 0 Å². The topological polar surface area (TPSA) is 76.3 Å². The number of halogens is 4. The summed E-state index contributed by atoms with van der Waals surface area (Å²) in [6.45, 7) is 1.48. The number of aryl methyl sites for hydroxylation is 1. The van der Waals surface area contributed by atoms with Gasteiger partial charge >= 0.3 is 12.2 Å². The largest absolute Gasteiger partial charge is 0.426 e. The van der Waals surface area contributed by atoms with Gasteiger partial charge in [-0.25, -0.2) is 9.78 Å². The summed E-state index contributed by atoms with van der Waals surface area (Å²) in [5.41, 5.74) is 5.25. The van der Waals surface area contributed by atoms with E-state index in [0.717, 1.165) is 6.07 Å². The lowest BCUT2D eigenvalue weighted by Gasteiger charge is -2.30. The molecule has 1 aromatic heterocycles. The number of hydrogen-bond acceptors (Lipinski definition) is 3. The molecule has 1 aliphatic rings. The second-order valence-electron chi connectivity index (χ2n) is 7.04. The third-order valence-electron chi connectivity index (χ3n) is 5.16. The van der Waals surface area contributed by atoms with Crippen LogP contribution in [0, 0.1) is 6.92 Å². The van der Waals surface area contributed by atoms with Gasteiger partial charge in [0.1, 0.15) is 13.1 Å². The van der Waals surface area contributed by atoms with Crippen molar-refractivity contribution < 1.29 is 22.8 Å². The van der Waals surface area contributed by atoms with Gasteiger partial charge in [-0.2, -0.15) is 17.7 Å². The highest BCUT2D eigenvalue weighted by Gasteiger charge is 2.56. The molecular weight excluding hydrogens is 409 g/mol. The number of urea groups is 1. The Bertz CT molecular complexity index is 982. The van der Waals surface area contributed by atoms with Gasteiger partial charge in [-0.3, -0.25) is 9.69 Å². The summed E-state index contributed by atoms with van der Waals surface area (Å²) in [5, 5.41) is -0.482. The van der Waals surface area contributed by atoms with Gasteiger partial charge in [0.05, 0.1) is 10.6 Å². The van der Waals surface area contributed by atoms with Crippen molar-refractivity contribution in [2.75, 3.05) is 13.6 Å². The fourth-order valence-corrected chi connectivity index (χ4v) is 4.03. The minimum absolute atomic E-state index is 0.0604. The zero-order valence-corrected chi connectivity index (χ0v) is 16.5. The van der Waals surface area contributed by atoms with Crippen LogP contribution in [-0.2, 0) is 17.5 Å². The molecule has 29 heavy (non-hydrogen) atoms. The second kappa shape index (κ2) is 7.31. The van der Waals surface area contributed by atoms with Crippen LogP contribution in [-0.4, -0.2) is 41.5 Å². The number of hydrogen-bond donors (Lipinski definition) is 1. The van der Waals surface area contributed by atoms with Gasteiger partial charge in [-0.05, 0) is 19.1 Å². The lowest BCUT2D eigenvalue weighted by Crippen LogP contribution is -2.52. The number of nitrogens with two attached hydrogens (primary N) is 1. The molecule has 1 fully saturated rings. The Balaban J connectivity index is 2.19. The molecule has 0 saturated carbocycles. The van der Waals surface area contributed by atoms with E-state index in [4.69, 9.17) is 17.3 Å². The first-order valence-corrected chi connectivity index (χ1v) is 9.07. The number of benzene rings is 1. The van der Waals surface area contributed by atoms with Gasteiger partial charge in [-0.15, -0.1) is 0 Å². The Labute approximate surface area is 170 Å². The number of pyridine rings is 1. The van der Waals surface area contributed by atoms with E-state index in [2.05, 4.69) is 4.98 Å².